The third kappa shape index (κ3) is 3.96. The highest BCUT2D eigenvalue weighted by atomic mass is 32.1. The van der Waals surface area contributed by atoms with Crippen molar-refractivity contribution in [3.8, 4) is 0 Å². The minimum absolute atomic E-state index is 0.0483. The van der Waals surface area contributed by atoms with E-state index in [1.54, 1.807) is 24.3 Å². The van der Waals surface area contributed by atoms with Gasteiger partial charge in [-0.15, -0.1) is 0 Å². The molecule has 5 nitrogen and oxygen atoms in total. The number of hydrogen-bond acceptors (Lipinski definition) is 4. The Bertz CT molecular complexity index is 523. The van der Waals surface area contributed by atoms with Gasteiger partial charge in [0.2, 0.25) is 5.91 Å². The molecule has 1 unspecified atom stereocenters. The average Bonchev–Trinajstić information content (AvgIpc) is 2.28. The molecule has 1 rings (SSSR count). The van der Waals surface area contributed by atoms with E-state index in [0.29, 0.717) is 11.3 Å². The quantitative estimate of drug-likeness (QED) is 0.481. The van der Waals surface area contributed by atoms with Crippen LogP contribution in [0.3, 0.4) is 0 Å². The highest BCUT2D eigenvalue weighted by Gasteiger charge is 2.25. The summed E-state index contributed by atoms with van der Waals surface area (Å²) in [5.74, 6) is -2.38. The number of amides is 1. The van der Waals surface area contributed by atoms with Crippen LogP contribution in [0.5, 0.6) is 0 Å². The zero-order valence-electron chi connectivity index (χ0n) is 10.6. The minimum Gasteiger partial charge on any atom is -0.369 e. The Morgan fingerprint density at radius 2 is 1.68 bits per heavy atom. The van der Waals surface area contributed by atoms with Gasteiger partial charge in [-0.05, 0) is 38.1 Å². The van der Waals surface area contributed by atoms with Gasteiger partial charge >= 0.3 is 0 Å². The monoisotopic (exact) mass is 278 g/mol. The van der Waals surface area contributed by atoms with Crippen molar-refractivity contribution in [2.75, 3.05) is 5.32 Å². The molecule has 0 heterocycles. The number of Topliss-reactive ketones (excluding diaryl/α,β-unsaturated/α-hetero) is 2. The Balaban J connectivity index is 2.84. The molecule has 1 aromatic rings. The minimum atomic E-state index is -1.14. The maximum Gasteiger partial charge on any atom is 0.234 e. The summed E-state index contributed by atoms with van der Waals surface area (Å²) in [6.07, 6.45) is 0. The standard InChI is InChI=1S/C13H14N2O3S/c1-7(16)9-3-5-10(6-4-9)15-13(19)11(8(2)17)12(14)18/h3-6,11H,1-2H3,(H2,14,18)(H,15,19). The number of carbonyl (C=O) groups excluding carboxylic acids is 3. The number of ketones is 2. The molecule has 19 heavy (non-hydrogen) atoms. The number of benzene rings is 1. The zero-order valence-corrected chi connectivity index (χ0v) is 11.4. The fourth-order valence-electron chi connectivity index (χ4n) is 1.52. The topological polar surface area (TPSA) is 89.3 Å². The van der Waals surface area contributed by atoms with Gasteiger partial charge in [0.15, 0.2) is 5.78 Å². The van der Waals surface area contributed by atoms with Crippen molar-refractivity contribution in [3.05, 3.63) is 29.8 Å². The molecule has 0 fully saturated rings. The van der Waals surface area contributed by atoms with Gasteiger partial charge in [-0.3, -0.25) is 14.4 Å². The molecule has 1 aromatic carbocycles. The number of hydrogen-bond donors (Lipinski definition) is 2. The first-order valence-electron chi connectivity index (χ1n) is 5.54. The normalized spacial score (nSPS) is 11.5. The first-order chi connectivity index (χ1) is 8.82. The largest absolute Gasteiger partial charge is 0.369 e. The van der Waals surface area contributed by atoms with Gasteiger partial charge in [0.1, 0.15) is 11.7 Å². The molecular weight excluding hydrogens is 264 g/mol. The van der Waals surface area contributed by atoms with Crippen LogP contribution in [0, 0.1) is 5.92 Å². The molecule has 6 heteroatoms. The molecule has 100 valence electrons. The number of nitrogens with two attached hydrogens (primary N) is 1. The van der Waals surface area contributed by atoms with E-state index in [2.05, 4.69) is 5.32 Å². The Morgan fingerprint density at radius 3 is 2.05 bits per heavy atom. The van der Waals surface area contributed by atoms with Gasteiger partial charge in [0, 0.05) is 11.3 Å². The van der Waals surface area contributed by atoms with Crippen molar-refractivity contribution >= 4 is 40.4 Å². The van der Waals surface area contributed by atoms with E-state index in [-0.39, 0.29) is 10.8 Å². The van der Waals surface area contributed by atoms with Gasteiger partial charge in [-0.25, -0.2) is 0 Å². The zero-order chi connectivity index (χ0) is 14.6. The SMILES string of the molecule is CC(=O)c1ccc(NC(=S)C(C(C)=O)C(N)=O)cc1. The lowest BCUT2D eigenvalue weighted by atomic mass is 10.0. The molecule has 3 N–H and O–H groups in total. The maximum atomic E-state index is 11.3. The molecule has 0 bridgehead atoms. The first kappa shape index (κ1) is 15.0. The van der Waals surface area contributed by atoms with Crippen molar-refractivity contribution in [2.45, 2.75) is 13.8 Å². The Labute approximate surface area is 116 Å². The highest BCUT2D eigenvalue weighted by molar-refractivity contribution is 7.80. The van der Waals surface area contributed by atoms with Crippen molar-refractivity contribution in [2.24, 2.45) is 11.7 Å². The lowest BCUT2D eigenvalue weighted by Crippen LogP contribution is -2.37. The van der Waals surface area contributed by atoms with Crippen LogP contribution in [-0.4, -0.2) is 22.5 Å². The van der Waals surface area contributed by atoms with Crippen LogP contribution in [0.25, 0.3) is 0 Å². The predicted molar refractivity (Wildman–Crippen MR) is 76.0 cm³/mol. The fraction of sp³-hybridized carbons (Fsp3) is 0.231. The van der Waals surface area contributed by atoms with Crippen molar-refractivity contribution in [3.63, 3.8) is 0 Å². The van der Waals surface area contributed by atoms with Gasteiger partial charge in [0.05, 0.1) is 4.99 Å². The van der Waals surface area contributed by atoms with Crippen LogP contribution >= 0.6 is 12.2 Å². The third-order valence-electron chi connectivity index (χ3n) is 2.51. The van der Waals surface area contributed by atoms with Crippen molar-refractivity contribution in [1.82, 2.24) is 0 Å². The van der Waals surface area contributed by atoms with Crippen LogP contribution in [0.2, 0.25) is 0 Å². The van der Waals surface area contributed by atoms with Crippen LogP contribution in [-0.2, 0) is 9.59 Å². The van der Waals surface area contributed by atoms with Crippen LogP contribution in [0.4, 0.5) is 5.69 Å². The molecule has 0 radical (unpaired) electrons. The van der Waals surface area contributed by atoms with E-state index in [4.69, 9.17) is 18.0 Å². The van der Waals surface area contributed by atoms with E-state index in [1.165, 1.54) is 13.8 Å². The summed E-state index contributed by atoms with van der Waals surface area (Å²) in [6.45, 7) is 2.72. The molecule has 0 aromatic heterocycles. The summed E-state index contributed by atoms with van der Waals surface area (Å²) in [7, 11) is 0. The number of rotatable bonds is 5. The highest BCUT2D eigenvalue weighted by Crippen LogP contribution is 2.12. The molecule has 0 saturated heterocycles. The van der Waals surface area contributed by atoms with Gasteiger partial charge in [0.25, 0.3) is 0 Å². The molecule has 0 aliphatic heterocycles. The Hall–Kier alpha value is -2.08. The van der Waals surface area contributed by atoms with Gasteiger partial charge in [-0.1, -0.05) is 12.2 Å². The smallest absolute Gasteiger partial charge is 0.234 e. The van der Waals surface area contributed by atoms with E-state index in [0.717, 1.165) is 0 Å². The van der Waals surface area contributed by atoms with Gasteiger partial charge in [-0.2, -0.15) is 0 Å². The third-order valence-corrected chi connectivity index (χ3v) is 2.85. The molecular formula is C13H14N2O3S. The van der Waals surface area contributed by atoms with Crippen molar-refractivity contribution < 1.29 is 14.4 Å². The first-order valence-corrected chi connectivity index (χ1v) is 5.95. The second kappa shape index (κ2) is 6.19. The summed E-state index contributed by atoms with van der Waals surface area (Å²) >= 11 is 4.99. The lowest BCUT2D eigenvalue weighted by molar-refractivity contribution is -0.128. The summed E-state index contributed by atoms with van der Waals surface area (Å²) in [5, 5.41) is 2.77. The molecule has 0 saturated carbocycles. The van der Waals surface area contributed by atoms with E-state index in [9.17, 15) is 14.4 Å². The van der Waals surface area contributed by atoms with E-state index in [1.807, 2.05) is 0 Å². The lowest BCUT2D eigenvalue weighted by Gasteiger charge is -2.13. The number of anilines is 1. The number of primary amides is 1. The van der Waals surface area contributed by atoms with E-state index < -0.39 is 17.6 Å². The van der Waals surface area contributed by atoms with Gasteiger partial charge < -0.3 is 11.1 Å². The summed E-state index contributed by atoms with van der Waals surface area (Å²) in [6, 6.07) is 6.53. The van der Waals surface area contributed by atoms with E-state index >= 15 is 0 Å². The molecule has 0 aliphatic carbocycles. The Kier molecular flexibility index (Phi) is 4.88. The van der Waals surface area contributed by atoms with Crippen LogP contribution < -0.4 is 11.1 Å². The number of thiocarbonyl (C=S) groups is 1. The second-order valence-corrected chi connectivity index (χ2v) is 4.51. The molecule has 0 spiro atoms. The maximum absolute atomic E-state index is 11.3. The number of nitrogens with one attached hydrogen (secondary N) is 1. The average molecular weight is 278 g/mol. The summed E-state index contributed by atoms with van der Waals surface area (Å²) < 4.78 is 0. The second-order valence-electron chi connectivity index (χ2n) is 4.07. The molecule has 0 aliphatic rings. The predicted octanol–water partition coefficient (Wildman–Crippen LogP) is 1.32. The van der Waals surface area contributed by atoms with Crippen molar-refractivity contribution in [1.29, 1.82) is 0 Å². The Morgan fingerprint density at radius 1 is 1.16 bits per heavy atom. The van der Waals surface area contributed by atoms with Crippen LogP contribution in [0.15, 0.2) is 24.3 Å². The van der Waals surface area contributed by atoms with Crippen LogP contribution in [0.1, 0.15) is 24.2 Å². The number of carbonyl (C=O) groups is 3. The molecule has 1 atom stereocenters. The summed E-state index contributed by atoms with van der Waals surface area (Å²) in [5.41, 5.74) is 6.27. The molecule has 1 amide bonds. The fourth-order valence-corrected chi connectivity index (χ4v) is 1.92. The summed E-state index contributed by atoms with van der Waals surface area (Å²) in [4.78, 5) is 33.6.